The first-order chi connectivity index (χ1) is 20.1. The summed E-state index contributed by atoms with van der Waals surface area (Å²) in [6, 6.07) is 9.47. The second kappa shape index (κ2) is 12.1. The fourth-order valence-corrected chi connectivity index (χ4v) is 5.93. The van der Waals surface area contributed by atoms with Gasteiger partial charge in [-0.3, -0.25) is 4.79 Å². The lowest BCUT2D eigenvalue weighted by molar-refractivity contribution is -0.129. The number of hydrogen-bond donors (Lipinski definition) is 1. The molecule has 0 unspecified atom stereocenters. The Morgan fingerprint density at radius 3 is 2.67 bits per heavy atom. The van der Waals surface area contributed by atoms with Crippen LogP contribution in [0, 0.1) is 11.3 Å². The lowest BCUT2D eigenvalue weighted by Gasteiger charge is -2.39. The summed E-state index contributed by atoms with van der Waals surface area (Å²) < 4.78 is 8.12. The summed E-state index contributed by atoms with van der Waals surface area (Å²) in [6.45, 7) is 14.1. The van der Waals surface area contributed by atoms with Crippen molar-refractivity contribution in [1.82, 2.24) is 24.6 Å². The number of nitrogens with zero attached hydrogens (tertiary/aromatic N) is 7. The van der Waals surface area contributed by atoms with E-state index in [1.807, 2.05) is 10.9 Å². The summed E-state index contributed by atoms with van der Waals surface area (Å²) in [5.74, 6) is 0.576. The molecule has 1 radical (unpaired) electrons. The van der Waals surface area contributed by atoms with E-state index in [1.54, 1.807) is 38.5 Å². The molecule has 0 bridgehead atoms. The van der Waals surface area contributed by atoms with Gasteiger partial charge >= 0.3 is 7.41 Å². The van der Waals surface area contributed by atoms with Crippen LogP contribution in [0.5, 0.6) is 0 Å². The second-order valence-corrected chi connectivity index (χ2v) is 17.9. The number of amides is 1. The van der Waals surface area contributed by atoms with E-state index < -0.39 is 13.7 Å². The zero-order valence-electron chi connectivity index (χ0n) is 25.9. The van der Waals surface area contributed by atoms with Crippen molar-refractivity contribution in [1.29, 1.82) is 5.26 Å². The molecule has 1 aliphatic heterocycles. The van der Waals surface area contributed by atoms with Gasteiger partial charge in [-0.25, -0.2) is 14.6 Å². The van der Waals surface area contributed by atoms with Crippen molar-refractivity contribution in [2.45, 2.75) is 57.8 Å². The first-order valence-corrected chi connectivity index (χ1v) is 17.2. The third kappa shape index (κ3) is 6.77. The molecule has 225 valence electrons. The van der Waals surface area contributed by atoms with Crippen LogP contribution >= 0.6 is 11.6 Å². The number of carbonyl (C=O) groups is 2. The molecule has 1 amide bonds. The van der Waals surface area contributed by atoms with Crippen LogP contribution < -0.4 is 10.1 Å². The summed E-state index contributed by atoms with van der Waals surface area (Å²) >= 11 is 6.14. The van der Waals surface area contributed by atoms with Crippen molar-refractivity contribution in [2.24, 2.45) is 0 Å². The van der Waals surface area contributed by atoms with Gasteiger partial charge in [-0.1, -0.05) is 39.3 Å². The molecule has 0 saturated heterocycles. The highest BCUT2D eigenvalue weighted by Gasteiger charge is 2.44. The molecule has 1 aromatic carbocycles. The first kappa shape index (κ1) is 32.2. The number of rotatable bonds is 10. The maximum absolute atomic E-state index is 12.3. The maximum atomic E-state index is 12.3. The highest BCUT2D eigenvalue weighted by atomic mass is 35.5. The minimum Gasteiger partial charge on any atom is -0.416 e. The summed E-state index contributed by atoms with van der Waals surface area (Å²) in [4.78, 5) is 36.2. The largest absolute Gasteiger partial charge is 0.416 e. The molecular weight excluding hydrogens is 583 g/mol. The fourth-order valence-electron chi connectivity index (χ4n) is 4.63. The Hall–Kier alpha value is -3.73. The molecule has 1 aliphatic rings. The molecule has 3 aromatic rings. The van der Waals surface area contributed by atoms with Gasteiger partial charge in [0.15, 0.2) is 13.5 Å². The molecule has 0 fully saturated rings. The lowest BCUT2D eigenvalue weighted by atomic mass is 9.83. The Kier molecular flexibility index (Phi) is 9.06. The molecule has 1 N–H and O–H groups in total. The molecule has 3 heterocycles. The third-order valence-electron chi connectivity index (χ3n) is 8.21. The van der Waals surface area contributed by atoms with Crippen molar-refractivity contribution < 1.29 is 14.0 Å². The molecule has 4 rings (SSSR count). The van der Waals surface area contributed by atoms with E-state index in [-0.39, 0.29) is 28.6 Å². The number of nitriles is 1. The van der Waals surface area contributed by atoms with Crippen molar-refractivity contribution in [3.8, 4) is 17.3 Å². The van der Waals surface area contributed by atoms with Gasteiger partial charge in [0.25, 0.3) is 0 Å². The number of benzene rings is 1. The Labute approximate surface area is 259 Å². The lowest BCUT2D eigenvalue weighted by Crippen LogP contribution is -2.46. The number of anilines is 3. The highest BCUT2D eigenvalue weighted by molar-refractivity contribution is 6.74. The minimum absolute atomic E-state index is 0.0120. The van der Waals surface area contributed by atoms with Gasteiger partial charge in [-0.2, -0.15) is 10.4 Å². The predicted molar refractivity (Wildman–Crippen MR) is 172 cm³/mol. The van der Waals surface area contributed by atoms with Crippen LogP contribution in [0.2, 0.25) is 23.3 Å². The summed E-state index contributed by atoms with van der Waals surface area (Å²) in [5.41, 5.74) is 2.88. The van der Waals surface area contributed by atoms with E-state index >= 15 is 0 Å². The average Bonchev–Trinajstić information content (AvgIpc) is 3.42. The highest BCUT2D eigenvalue weighted by Crippen LogP contribution is 2.46. The molecule has 1 atom stereocenters. The van der Waals surface area contributed by atoms with Gasteiger partial charge in [0.1, 0.15) is 24.6 Å². The Morgan fingerprint density at radius 2 is 2.05 bits per heavy atom. The first-order valence-electron chi connectivity index (χ1n) is 13.9. The molecule has 2 aromatic heterocycles. The number of fused-ring (bicyclic) bond motifs is 1. The summed E-state index contributed by atoms with van der Waals surface area (Å²) in [7, 11) is 2.73. The standard InChI is InChI=1S/C29H37BClN8O3Si/c1-28(2,3)43(7,8)42-17-29(4)16-38(30-18-40)26-20(14-32)11-19(12-21(26)29)22-9-10-33-27(34-22)35-24-13-23(31)36-39(24)15-25(41)37(5)6/h9-13,18H,15-17H2,1-8H3,(H,33,34,35)/t29-/m1/s1. The van der Waals surface area contributed by atoms with E-state index in [0.717, 1.165) is 17.3 Å². The number of halogens is 1. The predicted octanol–water partition coefficient (Wildman–Crippen LogP) is 4.61. The van der Waals surface area contributed by atoms with Gasteiger partial charge < -0.3 is 24.2 Å². The monoisotopic (exact) mass is 619 g/mol. The molecule has 43 heavy (non-hydrogen) atoms. The van der Waals surface area contributed by atoms with Crippen molar-refractivity contribution in [2.75, 3.05) is 37.4 Å². The van der Waals surface area contributed by atoms with Crippen LogP contribution in [-0.4, -0.2) is 79.7 Å². The molecule has 0 saturated carbocycles. The maximum Gasteiger partial charge on any atom is 0.329 e. The number of hydrogen-bond acceptors (Lipinski definition) is 9. The van der Waals surface area contributed by atoms with Crippen LogP contribution in [-0.2, 0) is 26.0 Å². The number of aromatic nitrogens is 4. The second-order valence-electron chi connectivity index (χ2n) is 12.7. The van der Waals surface area contributed by atoms with Gasteiger partial charge in [-0.05, 0) is 41.9 Å². The number of likely N-dealkylation sites (N-methyl/N-ethyl adjacent to an activating group) is 1. The Balaban J connectivity index is 1.72. The SMILES string of the molecule is CN(C)C(=O)Cn1nc(Cl)cc1Nc1nccc(-c2cc(C#N)c3c(c2)[C@@](C)(CO[Si](C)(C)C(C)(C)C)CN3[B]C=O)n1. The normalized spacial score (nSPS) is 16.4. The topological polar surface area (TPSA) is 129 Å². The van der Waals surface area contributed by atoms with Crippen LogP contribution in [0.15, 0.2) is 30.5 Å². The van der Waals surface area contributed by atoms with E-state index in [4.69, 9.17) is 21.0 Å². The van der Waals surface area contributed by atoms with Gasteiger partial charge in [0.05, 0.1) is 11.3 Å². The van der Waals surface area contributed by atoms with E-state index in [9.17, 15) is 14.9 Å². The third-order valence-corrected chi connectivity index (χ3v) is 12.9. The molecule has 0 spiro atoms. The summed E-state index contributed by atoms with van der Waals surface area (Å²) in [5, 5.41) is 17.7. The van der Waals surface area contributed by atoms with Gasteiger partial charge in [0, 0.05) is 56.2 Å². The van der Waals surface area contributed by atoms with Gasteiger partial charge in [-0.15, -0.1) is 0 Å². The molecule has 14 heteroatoms. The minimum atomic E-state index is -2.08. The van der Waals surface area contributed by atoms with E-state index in [2.05, 4.69) is 62.3 Å². The Bertz CT molecular complexity index is 1580. The average molecular weight is 620 g/mol. The van der Waals surface area contributed by atoms with Crippen molar-refractivity contribution >= 4 is 56.9 Å². The number of carbonyl (C=O) groups excluding carboxylic acids is 2. The van der Waals surface area contributed by atoms with Gasteiger partial charge in [0.2, 0.25) is 11.9 Å². The van der Waals surface area contributed by atoms with Crippen LogP contribution in [0.4, 0.5) is 17.5 Å². The zero-order chi connectivity index (χ0) is 31.7. The molecular formula is C29H37BClN8O3Si. The fraction of sp³-hybridized carbons (Fsp3) is 0.448. The van der Waals surface area contributed by atoms with Crippen LogP contribution in [0.3, 0.4) is 0 Å². The summed E-state index contributed by atoms with van der Waals surface area (Å²) in [6.07, 6.45) is 2.36. The van der Waals surface area contributed by atoms with E-state index in [1.165, 1.54) is 17.0 Å². The number of nitrogens with one attached hydrogen (secondary N) is 1. The quantitative estimate of drug-likeness (QED) is 0.256. The Morgan fingerprint density at radius 1 is 1.33 bits per heavy atom. The van der Waals surface area contributed by atoms with E-state index in [0.29, 0.717) is 35.9 Å². The van der Waals surface area contributed by atoms with Crippen molar-refractivity contribution in [3.05, 3.63) is 46.7 Å². The zero-order valence-corrected chi connectivity index (χ0v) is 27.7. The van der Waals surface area contributed by atoms with Crippen LogP contribution in [0.1, 0.15) is 38.8 Å². The molecule has 11 nitrogen and oxygen atoms in total. The molecule has 0 aliphatic carbocycles. The smallest absolute Gasteiger partial charge is 0.329 e. The van der Waals surface area contributed by atoms with Crippen molar-refractivity contribution in [3.63, 3.8) is 0 Å². The van der Waals surface area contributed by atoms with Crippen LogP contribution in [0.25, 0.3) is 11.3 Å².